The number of hydrogen-bond acceptors (Lipinski definition) is 8. The minimum absolute atomic E-state index is 0.0759. The first-order chi connectivity index (χ1) is 19.1. The number of nitrogens with zero attached hydrogens (tertiary/aromatic N) is 3. The maximum atomic E-state index is 15.3. The second-order valence-electron chi connectivity index (χ2n) is 9.81. The van der Waals surface area contributed by atoms with E-state index in [1.54, 1.807) is 0 Å². The molecule has 2 aromatic carbocycles. The van der Waals surface area contributed by atoms with Gasteiger partial charge in [0.2, 0.25) is 11.8 Å². The van der Waals surface area contributed by atoms with Crippen molar-refractivity contribution >= 4 is 21.4 Å². The van der Waals surface area contributed by atoms with Crippen molar-refractivity contribution in [3.63, 3.8) is 0 Å². The van der Waals surface area contributed by atoms with Gasteiger partial charge in [-0.05, 0) is 42.7 Å². The van der Waals surface area contributed by atoms with E-state index in [1.807, 2.05) is 0 Å². The summed E-state index contributed by atoms with van der Waals surface area (Å²) in [5, 5.41) is 7.39. The third-order valence-corrected chi connectivity index (χ3v) is 8.68. The highest BCUT2D eigenvalue weighted by atomic mass is 32.2. The molecule has 5 rings (SSSR count). The van der Waals surface area contributed by atoms with Gasteiger partial charge in [0.1, 0.15) is 17.5 Å². The molecule has 9 nitrogen and oxygen atoms in total. The third kappa shape index (κ3) is 5.88. The maximum absolute atomic E-state index is 15.3. The SMILES string of the molecule is N[C@H]1CS(=O)(=O)c2cc(F)c(-c3nnc(C4CCCCC4(F)F)o3)cc2N(Cc2ccc(OC(F)(F)F)cc2)C1=O. The van der Waals surface area contributed by atoms with E-state index < -0.39 is 79.5 Å². The van der Waals surface area contributed by atoms with Crippen molar-refractivity contribution < 1.29 is 48.7 Å². The molecule has 16 heteroatoms. The molecule has 2 atom stereocenters. The number of ether oxygens (including phenoxy) is 1. The molecular weight excluding hydrogens is 582 g/mol. The number of anilines is 1. The molecule has 1 amide bonds. The van der Waals surface area contributed by atoms with E-state index in [1.165, 1.54) is 12.1 Å². The quantitative estimate of drug-likeness (QED) is 0.415. The van der Waals surface area contributed by atoms with Crippen LogP contribution >= 0.6 is 0 Å². The van der Waals surface area contributed by atoms with Crippen LogP contribution in [0.3, 0.4) is 0 Å². The molecule has 1 saturated carbocycles. The zero-order chi connectivity index (χ0) is 29.7. The first-order valence-corrected chi connectivity index (χ1v) is 14.0. The summed E-state index contributed by atoms with van der Waals surface area (Å²) >= 11 is 0. The standard InChI is InChI=1S/C25H22F6N4O5S/c26-17-10-20-19(9-15(17)21-33-34-22(39-21)16-3-1-2-8-24(16,27)28)35(23(36)18(32)12-41(20,37)38)11-13-4-6-14(7-5-13)40-25(29,30)31/h4-7,9-10,16,18H,1-3,8,11-12,32H2/t16?,18-/m0/s1. The van der Waals surface area contributed by atoms with Crippen molar-refractivity contribution in [3.8, 4) is 17.2 Å². The second-order valence-corrected chi connectivity index (χ2v) is 11.8. The Morgan fingerprint density at radius 1 is 1.12 bits per heavy atom. The van der Waals surface area contributed by atoms with E-state index in [9.17, 15) is 35.2 Å². The molecule has 0 saturated heterocycles. The van der Waals surface area contributed by atoms with Gasteiger partial charge in [0.15, 0.2) is 9.84 Å². The van der Waals surface area contributed by atoms with Gasteiger partial charge in [0, 0.05) is 6.42 Å². The van der Waals surface area contributed by atoms with Crippen molar-refractivity contribution in [1.29, 1.82) is 0 Å². The first kappa shape index (κ1) is 28.9. The minimum Gasteiger partial charge on any atom is -0.420 e. The van der Waals surface area contributed by atoms with Crippen molar-refractivity contribution in [2.45, 2.75) is 61.4 Å². The number of hydrogen-bond donors (Lipinski definition) is 1. The van der Waals surface area contributed by atoms with Crippen LogP contribution in [0.5, 0.6) is 5.75 Å². The topological polar surface area (TPSA) is 129 Å². The molecular formula is C25H22F6N4O5S. The molecule has 1 unspecified atom stereocenters. The lowest BCUT2D eigenvalue weighted by Crippen LogP contribution is -2.45. The fraction of sp³-hybridized carbons (Fsp3) is 0.400. The molecule has 2 aliphatic rings. The summed E-state index contributed by atoms with van der Waals surface area (Å²) in [6.07, 6.45) is -4.40. The molecule has 1 fully saturated rings. The Morgan fingerprint density at radius 3 is 2.49 bits per heavy atom. The van der Waals surface area contributed by atoms with Crippen LogP contribution < -0.4 is 15.4 Å². The monoisotopic (exact) mass is 604 g/mol. The van der Waals surface area contributed by atoms with E-state index in [-0.39, 0.29) is 30.6 Å². The molecule has 2 N–H and O–H groups in total. The van der Waals surface area contributed by atoms with E-state index in [0.717, 1.165) is 23.1 Å². The maximum Gasteiger partial charge on any atom is 0.573 e. The van der Waals surface area contributed by atoms with E-state index in [2.05, 4.69) is 14.9 Å². The fourth-order valence-corrected chi connectivity index (χ4v) is 6.47. The van der Waals surface area contributed by atoms with Crippen molar-refractivity contribution in [2.75, 3.05) is 10.7 Å². The van der Waals surface area contributed by atoms with Crippen LogP contribution in [0.1, 0.15) is 43.1 Å². The van der Waals surface area contributed by atoms with E-state index in [0.29, 0.717) is 18.9 Å². The zero-order valence-corrected chi connectivity index (χ0v) is 21.8. The number of aromatic nitrogens is 2. The Kier molecular flexibility index (Phi) is 7.26. The molecule has 0 radical (unpaired) electrons. The smallest absolute Gasteiger partial charge is 0.420 e. The Balaban J connectivity index is 1.55. The normalized spacial score (nSPS) is 22.2. The lowest BCUT2D eigenvalue weighted by Gasteiger charge is -2.28. The summed E-state index contributed by atoms with van der Waals surface area (Å²) in [5.74, 6) is -8.75. The van der Waals surface area contributed by atoms with E-state index >= 15 is 4.39 Å². The first-order valence-electron chi connectivity index (χ1n) is 12.3. The molecule has 2 heterocycles. The molecule has 0 bridgehead atoms. The van der Waals surface area contributed by atoms with Crippen molar-refractivity contribution in [3.05, 3.63) is 53.7 Å². The van der Waals surface area contributed by atoms with Gasteiger partial charge in [-0.2, -0.15) is 0 Å². The molecule has 1 aliphatic carbocycles. The second kappa shape index (κ2) is 10.3. The van der Waals surface area contributed by atoms with Crippen molar-refractivity contribution in [1.82, 2.24) is 10.2 Å². The van der Waals surface area contributed by atoms with Crippen LogP contribution in [0.4, 0.5) is 32.0 Å². The highest BCUT2D eigenvalue weighted by molar-refractivity contribution is 7.91. The van der Waals surface area contributed by atoms with Gasteiger partial charge in [-0.25, -0.2) is 21.6 Å². The van der Waals surface area contributed by atoms with Crippen LogP contribution in [0.2, 0.25) is 0 Å². The van der Waals surface area contributed by atoms with Gasteiger partial charge >= 0.3 is 6.36 Å². The minimum atomic E-state index is -4.93. The van der Waals surface area contributed by atoms with Crippen LogP contribution in [-0.2, 0) is 21.2 Å². The summed E-state index contributed by atoms with van der Waals surface area (Å²) in [6, 6.07) is 4.51. The molecule has 220 valence electrons. The number of carbonyl (C=O) groups excluding carboxylic acids is 1. The number of alkyl halides is 5. The molecule has 1 aliphatic heterocycles. The largest absolute Gasteiger partial charge is 0.573 e. The van der Waals surface area contributed by atoms with Crippen LogP contribution in [0.25, 0.3) is 11.5 Å². The summed E-state index contributed by atoms with van der Waals surface area (Å²) in [6.45, 7) is -0.365. The summed E-state index contributed by atoms with van der Waals surface area (Å²) < 4.78 is 117. The summed E-state index contributed by atoms with van der Waals surface area (Å²) in [4.78, 5) is 13.6. The average Bonchev–Trinajstić information content (AvgIpc) is 3.33. The van der Waals surface area contributed by atoms with Crippen molar-refractivity contribution in [2.24, 2.45) is 5.73 Å². The Labute approximate surface area is 229 Å². The zero-order valence-electron chi connectivity index (χ0n) is 21.0. The number of nitrogens with two attached hydrogens (primary N) is 1. The number of rotatable bonds is 5. The number of halogens is 6. The van der Waals surface area contributed by atoms with Gasteiger partial charge in [0.05, 0.1) is 34.5 Å². The van der Waals surface area contributed by atoms with E-state index in [4.69, 9.17) is 10.2 Å². The number of amides is 1. The Hall–Kier alpha value is -3.66. The Morgan fingerprint density at radius 2 is 1.83 bits per heavy atom. The Bertz CT molecular complexity index is 1580. The van der Waals surface area contributed by atoms with Gasteiger partial charge in [-0.15, -0.1) is 23.4 Å². The molecule has 3 aromatic rings. The van der Waals surface area contributed by atoms with Gasteiger partial charge in [-0.3, -0.25) is 4.79 Å². The molecule has 41 heavy (non-hydrogen) atoms. The third-order valence-electron chi connectivity index (χ3n) is 6.89. The van der Waals surface area contributed by atoms with Gasteiger partial charge < -0.3 is 19.8 Å². The van der Waals surface area contributed by atoms with Crippen LogP contribution in [-0.4, -0.2) is 48.6 Å². The molecule has 0 spiro atoms. The summed E-state index contributed by atoms with van der Waals surface area (Å²) in [7, 11) is -4.30. The fourth-order valence-electron chi connectivity index (χ4n) is 4.91. The van der Waals surface area contributed by atoms with Crippen LogP contribution in [0.15, 0.2) is 45.7 Å². The molecule has 1 aromatic heterocycles. The number of sulfone groups is 1. The lowest BCUT2D eigenvalue weighted by atomic mass is 9.85. The number of benzene rings is 2. The van der Waals surface area contributed by atoms with Gasteiger partial charge in [-0.1, -0.05) is 18.6 Å². The highest BCUT2D eigenvalue weighted by Gasteiger charge is 2.45. The van der Waals surface area contributed by atoms with Crippen LogP contribution in [0, 0.1) is 5.82 Å². The predicted molar refractivity (Wildman–Crippen MR) is 130 cm³/mol. The average molecular weight is 605 g/mol. The lowest BCUT2D eigenvalue weighted by molar-refractivity contribution is -0.274. The highest BCUT2D eigenvalue weighted by Crippen LogP contribution is 2.45. The predicted octanol–water partition coefficient (Wildman–Crippen LogP) is 4.72. The number of fused-ring (bicyclic) bond motifs is 1. The van der Waals surface area contributed by atoms with Gasteiger partial charge in [0.25, 0.3) is 11.8 Å². The number of carbonyl (C=O) groups is 1. The summed E-state index contributed by atoms with van der Waals surface area (Å²) in [5.41, 5.74) is 5.36.